The van der Waals surface area contributed by atoms with Gasteiger partial charge < -0.3 is 15.4 Å². The molecule has 162 valence electrons. The Kier molecular flexibility index (Phi) is 5.64. The van der Waals surface area contributed by atoms with Crippen LogP contribution in [0.5, 0.6) is 5.88 Å². The molecule has 1 aromatic heterocycles. The van der Waals surface area contributed by atoms with Gasteiger partial charge in [0.1, 0.15) is 11.5 Å². The lowest BCUT2D eigenvalue weighted by atomic mass is 10.0. The maximum atomic E-state index is 13.9. The molecule has 2 heterocycles. The number of hydrogen-bond donors (Lipinski definition) is 1. The Morgan fingerprint density at radius 2 is 1.90 bits per heavy atom. The number of fused-ring (bicyclic) bond motifs is 3. The number of carbonyl (C=O) groups is 1. The maximum absolute atomic E-state index is 13.9. The smallest absolute Gasteiger partial charge is 0.258 e. The molecule has 0 bridgehead atoms. The molecule has 10 heteroatoms. The summed E-state index contributed by atoms with van der Waals surface area (Å²) in [5.41, 5.74) is 8.23. The Hall–Kier alpha value is -3.40. The van der Waals surface area contributed by atoms with Crippen molar-refractivity contribution in [2.75, 3.05) is 7.11 Å². The number of carbonyl (C=O) groups excluding carboxylic acids is 1. The van der Waals surface area contributed by atoms with Gasteiger partial charge in [-0.1, -0.05) is 28.5 Å². The van der Waals surface area contributed by atoms with Crippen molar-refractivity contribution in [3.63, 3.8) is 0 Å². The predicted molar refractivity (Wildman–Crippen MR) is 105 cm³/mol. The van der Waals surface area contributed by atoms with Gasteiger partial charge in [-0.3, -0.25) is 4.79 Å². The second-order valence-electron chi connectivity index (χ2n) is 7.36. The van der Waals surface area contributed by atoms with Crippen LogP contribution in [0.4, 0.5) is 13.2 Å². The van der Waals surface area contributed by atoms with Gasteiger partial charge in [-0.2, -0.15) is 0 Å². The van der Waals surface area contributed by atoms with Crippen LogP contribution in [0, 0.1) is 17.5 Å². The fraction of sp³-hybridized carbons (Fsp3) is 0.286. The molecule has 2 aromatic carbocycles. The number of rotatable bonds is 5. The van der Waals surface area contributed by atoms with E-state index >= 15 is 0 Å². The molecule has 3 aromatic rings. The van der Waals surface area contributed by atoms with E-state index in [1.165, 1.54) is 7.11 Å². The molecule has 4 rings (SSSR count). The summed E-state index contributed by atoms with van der Waals surface area (Å²) in [7, 11) is 1.47. The van der Waals surface area contributed by atoms with E-state index < -0.39 is 23.5 Å². The highest BCUT2D eigenvalue weighted by Crippen LogP contribution is 2.28. The largest absolute Gasteiger partial charge is 0.479 e. The van der Waals surface area contributed by atoms with Crippen molar-refractivity contribution in [2.24, 2.45) is 5.73 Å². The molecule has 0 saturated carbocycles. The zero-order valence-electron chi connectivity index (χ0n) is 16.7. The van der Waals surface area contributed by atoms with E-state index in [-0.39, 0.29) is 30.9 Å². The summed E-state index contributed by atoms with van der Waals surface area (Å²) in [6, 6.07) is 7.94. The summed E-state index contributed by atoms with van der Waals surface area (Å²) < 4.78 is 47.4. The average molecular weight is 431 g/mol. The zero-order chi connectivity index (χ0) is 22.1. The van der Waals surface area contributed by atoms with Crippen LogP contribution in [0.15, 0.2) is 36.4 Å². The van der Waals surface area contributed by atoms with Crippen LogP contribution < -0.4 is 10.5 Å². The number of benzene rings is 2. The fourth-order valence-electron chi connectivity index (χ4n) is 3.67. The molecule has 7 nitrogen and oxygen atoms in total. The third-order valence-corrected chi connectivity index (χ3v) is 5.20. The molecular weight excluding hydrogens is 411 g/mol. The first-order valence-electron chi connectivity index (χ1n) is 9.61. The maximum Gasteiger partial charge on any atom is 0.258 e. The van der Waals surface area contributed by atoms with Crippen LogP contribution in [0.3, 0.4) is 0 Å². The van der Waals surface area contributed by atoms with Gasteiger partial charge in [0.05, 0.1) is 19.3 Å². The molecule has 31 heavy (non-hydrogen) atoms. The number of nitrogens with zero attached hydrogens (tertiary/aromatic N) is 4. The zero-order valence-corrected chi connectivity index (χ0v) is 16.7. The average Bonchev–Trinajstić information content (AvgIpc) is 3.06. The van der Waals surface area contributed by atoms with Gasteiger partial charge in [0.15, 0.2) is 11.6 Å². The molecule has 1 aliphatic rings. The highest BCUT2D eigenvalue weighted by atomic mass is 19.2. The third-order valence-electron chi connectivity index (χ3n) is 5.20. The molecule has 1 atom stereocenters. The summed E-state index contributed by atoms with van der Waals surface area (Å²) in [6.45, 7) is 0.504. The van der Waals surface area contributed by atoms with Crippen molar-refractivity contribution in [1.82, 2.24) is 19.9 Å². The summed E-state index contributed by atoms with van der Waals surface area (Å²) >= 11 is 0. The molecule has 0 spiro atoms. The van der Waals surface area contributed by atoms with Crippen molar-refractivity contribution >= 4 is 5.91 Å². The lowest BCUT2D eigenvalue weighted by Crippen LogP contribution is -2.36. The van der Waals surface area contributed by atoms with Gasteiger partial charge in [0, 0.05) is 25.1 Å². The lowest BCUT2D eigenvalue weighted by molar-refractivity contribution is -0.132. The van der Waals surface area contributed by atoms with Crippen molar-refractivity contribution in [2.45, 2.75) is 32.0 Å². The highest BCUT2D eigenvalue weighted by molar-refractivity contribution is 5.77. The Balaban J connectivity index is 1.54. The standard InChI is InChI=1S/C21H20F3N5O2/c1-31-21-19-11-28(10-12-4-2-3-5-18(12)29(19)27-26-21)20(30)8-14(25)6-13-7-16(23)17(24)9-15(13)22/h2-5,7,9,14H,6,8,10-11,25H2,1H3/t14-/m1/s1. The summed E-state index contributed by atoms with van der Waals surface area (Å²) in [5, 5.41) is 8.15. The first-order chi connectivity index (χ1) is 14.9. The van der Waals surface area contributed by atoms with Crippen LogP contribution in [0.1, 0.15) is 23.2 Å². The SMILES string of the molecule is COc1nnn2c1CN(C(=O)C[C@H](N)Cc1cc(F)c(F)cc1F)Cc1ccccc1-2. The lowest BCUT2D eigenvalue weighted by Gasteiger charge is -2.23. The molecule has 1 aliphatic heterocycles. The predicted octanol–water partition coefficient (Wildman–Crippen LogP) is 2.50. The third kappa shape index (κ3) is 4.11. The van der Waals surface area contributed by atoms with Crippen LogP contribution in [-0.4, -0.2) is 39.0 Å². The van der Waals surface area contributed by atoms with Crippen molar-refractivity contribution < 1.29 is 22.7 Å². The monoisotopic (exact) mass is 431 g/mol. The molecule has 1 amide bonds. The Bertz CT molecular complexity index is 1130. The summed E-state index contributed by atoms with van der Waals surface area (Å²) in [4.78, 5) is 14.6. The number of methoxy groups -OCH3 is 1. The Morgan fingerprint density at radius 1 is 1.16 bits per heavy atom. The first kappa shape index (κ1) is 20.9. The molecule has 0 radical (unpaired) electrons. The second kappa shape index (κ2) is 8.38. The van der Waals surface area contributed by atoms with Crippen LogP contribution in [-0.2, 0) is 24.3 Å². The van der Waals surface area contributed by atoms with Crippen molar-refractivity contribution in [3.8, 4) is 11.6 Å². The quantitative estimate of drug-likeness (QED) is 0.628. The van der Waals surface area contributed by atoms with Gasteiger partial charge in [0.25, 0.3) is 5.88 Å². The van der Waals surface area contributed by atoms with Gasteiger partial charge in [-0.05, 0) is 29.7 Å². The summed E-state index contributed by atoms with van der Waals surface area (Å²) in [5.74, 6) is -3.30. The van der Waals surface area contributed by atoms with Gasteiger partial charge in [0.2, 0.25) is 5.91 Å². The molecule has 0 saturated heterocycles. The number of amides is 1. The number of hydrogen-bond acceptors (Lipinski definition) is 5. The van der Waals surface area contributed by atoms with E-state index in [9.17, 15) is 18.0 Å². The normalized spacial score (nSPS) is 13.9. The van der Waals surface area contributed by atoms with Crippen LogP contribution >= 0.6 is 0 Å². The molecule has 0 aliphatic carbocycles. The van der Waals surface area contributed by atoms with Gasteiger partial charge in [-0.15, -0.1) is 0 Å². The van der Waals surface area contributed by atoms with Crippen LogP contribution in [0.2, 0.25) is 0 Å². The first-order valence-corrected chi connectivity index (χ1v) is 9.61. The topological polar surface area (TPSA) is 86.3 Å². The van der Waals surface area contributed by atoms with Gasteiger partial charge >= 0.3 is 0 Å². The van der Waals surface area contributed by atoms with E-state index in [1.54, 1.807) is 9.58 Å². The summed E-state index contributed by atoms with van der Waals surface area (Å²) in [6.07, 6.45) is -0.216. The molecule has 0 fully saturated rings. The van der Waals surface area contributed by atoms with Crippen LogP contribution in [0.25, 0.3) is 5.69 Å². The number of halogens is 3. The van der Waals surface area contributed by atoms with Gasteiger partial charge in [-0.25, -0.2) is 17.9 Å². The van der Waals surface area contributed by atoms with E-state index in [0.29, 0.717) is 24.2 Å². The highest BCUT2D eigenvalue weighted by Gasteiger charge is 2.28. The van der Waals surface area contributed by atoms with E-state index in [4.69, 9.17) is 10.5 Å². The van der Waals surface area contributed by atoms with Crippen molar-refractivity contribution in [1.29, 1.82) is 0 Å². The number of para-hydroxylation sites is 1. The molecule has 2 N–H and O–H groups in total. The molecule has 0 unspecified atom stereocenters. The number of ether oxygens (including phenoxy) is 1. The van der Waals surface area contributed by atoms with E-state index in [0.717, 1.165) is 17.3 Å². The second-order valence-corrected chi connectivity index (χ2v) is 7.36. The van der Waals surface area contributed by atoms with E-state index in [1.807, 2.05) is 24.3 Å². The van der Waals surface area contributed by atoms with Crippen molar-refractivity contribution in [3.05, 3.63) is 70.7 Å². The Morgan fingerprint density at radius 3 is 2.68 bits per heavy atom. The number of nitrogens with two attached hydrogens (primary N) is 1. The molecular formula is C21H20F3N5O2. The van der Waals surface area contributed by atoms with E-state index in [2.05, 4.69) is 10.3 Å². The minimum Gasteiger partial charge on any atom is -0.479 e. The minimum absolute atomic E-state index is 0.0793. The number of aromatic nitrogens is 3. The fourth-order valence-corrected chi connectivity index (χ4v) is 3.67. The Labute approximate surface area is 176 Å². The minimum atomic E-state index is -1.27.